The van der Waals surface area contributed by atoms with Crippen LogP contribution in [0.1, 0.15) is 13.3 Å². The molecule has 0 aliphatic heterocycles. The lowest BCUT2D eigenvalue weighted by Crippen LogP contribution is -2.30. The van der Waals surface area contributed by atoms with E-state index in [2.05, 4.69) is 20.3 Å². The van der Waals surface area contributed by atoms with E-state index in [1.165, 1.54) is 10.6 Å². The van der Waals surface area contributed by atoms with E-state index < -0.39 is 10.0 Å². The Morgan fingerprint density at radius 2 is 2.20 bits per heavy atom. The lowest BCUT2D eigenvalue weighted by molar-refractivity contribution is 0.466. The third-order valence-electron chi connectivity index (χ3n) is 3.14. The highest BCUT2D eigenvalue weighted by atomic mass is 32.2. The molecule has 0 aliphatic carbocycles. The lowest BCUT2D eigenvalue weighted by atomic mass is 10.3. The molecule has 20 heavy (non-hydrogen) atoms. The fourth-order valence-electron chi connectivity index (χ4n) is 1.88. The van der Waals surface area contributed by atoms with Crippen LogP contribution in [0.25, 0.3) is 11.0 Å². The van der Waals surface area contributed by atoms with Crippen LogP contribution < -0.4 is 5.32 Å². The van der Waals surface area contributed by atoms with E-state index in [0.29, 0.717) is 19.5 Å². The van der Waals surface area contributed by atoms with Crippen LogP contribution in [-0.4, -0.2) is 53.6 Å². The van der Waals surface area contributed by atoms with Gasteiger partial charge in [0.15, 0.2) is 0 Å². The van der Waals surface area contributed by atoms with Gasteiger partial charge in [-0.25, -0.2) is 22.7 Å². The number of aromatic nitrogens is 3. The summed E-state index contributed by atoms with van der Waals surface area (Å²) < 4.78 is 24.6. The first-order chi connectivity index (χ1) is 9.54. The van der Waals surface area contributed by atoms with Gasteiger partial charge in [0, 0.05) is 26.3 Å². The number of fused-ring (bicyclic) bond motifs is 1. The first kappa shape index (κ1) is 14.7. The van der Waals surface area contributed by atoms with Crippen LogP contribution in [0.2, 0.25) is 0 Å². The number of anilines is 1. The molecule has 2 rings (SSSR count). The first-order valence-corrected chi connectivity index (χ1v) is 8.11. The molecule has 2 heterocycles. The average Bonchev–Trinajstić information content (AvgIpc) is 2.92. The maximum absolute atomic E-state index is 11.6. The molecule has 0 atom stereocenters. The quantitative estimate of drug-likeness (QED) is 0.745. The molecular formula is C12H19N5O2S. The van der Waals surface area contributed by atoms with Gasteiger partial charge in [0.2, 0.25) is 10.0 Å². The molecule has 8 heteroatoms. The van der Waals surface area contributed by atoms with E-state index in [0.717, 1.165) is 16.9 Å². The second-order valence-corrected chi connectivity index (χ2v) is 6.83. The number of rotatable bonds is 7. The smallest absolute Gasteiger partial charge is 0.213 e. The first-order valence-electron chi connectivity index (χ1n) is 6.50. The minimum absolute atomic E-state index is 0.132. The Morgan fingerprint density at radius 3 is 2.95 bits per heavy atom. The SMILES string of the molecule is CCS(=O)(=O)N(C)CCCNc1ncnc2[nH]ccc12. The number of H-pyrrole nitrogens is 1. The minimum Gasteiger partial charge on any atom is -0.369 e. The van der Waals surface area contributed by atoms with Gasteiger partial charge in [-0.3, -0.25) is 0 Å². The van der Waals surface area contributed by atoms with Crippen LogP contribution in [-0.2, 0) is 10.0 Å². The van der Waals surface area contributed by atoms with Gasteiger partial charge in [-0.05, 0) is 19.4 Å². The summed E-state index contributed by atoms with van der Waals surface area (Å²) in [6.07, 6.45) is 4.02. The molecule has 0 unspecified atom stereocenters. The third-order valence-corrected chi connectivity index (χ3v) is 5.00. The third kappa shape index (κ3) is 3.26. The van der Waals surface area contributed by atoms with Crippen molar-refractivity contribution in [3.63, 3.8) is 0 Å². The van der Waals surface area contributed by atoms with E-state index in [4.69, 9.17) is 0 Å². The number of hydrogen-bond donors (Lipinski definition) is 2. The van der Waals surface area contributed by atoms with Gasteiger partial charge < -0.3 is 10.3 Å². The van der Waals surface area contributed by atoms with Gasteiger partial charge in [0.1, 0.15) is 17.8 Å². The molecule has 0 bridgehead atoms. The van der Waals surface area contributed by atoms with Gasteiger partial charge in [0.25, 0.3) is 0 Å². The fraction of sp³-hybridized carbons (Fsp3) is 0.500. The molecule has 0 fully saturated rings. The summed E-state index contributed by atoms with van der Waals surface area (Å²) in [5.41, 5.74) is 0.785. The van der Waals surface area contributed by atoms with Crippen molar-refractivity contribution in [2.75, 3.05) is 31.2 Å². The number of nitrogens with zero attached hydrogens (tertiary/aromatic N) is 3. The summed E-state index contributed by atoms with van der Waals surface area (Å²) in [6.45, 7) is 2.79. The Kier molecular flexibility index (Phi) is 4.56. The van der Waals surface area contributed by atoms with Gasteiger partial charge in [-0.1, -0.05) is 0 Å². The molecule has 0 radical (unpaired) electrons. The summed E-state index contributed by atoms with van der Waals surface area (Å²) in [5, 5.41) is 4.14. The largest absolute Gasteiger partial charge is 0.369 e. The number of sulfonamides is 1. The highest BCUT2D eigenvalue weighted by molar-refractivity contribution is 7.89. The Balaban J connectivity index is 1.86. The minimum atomic E-state index is -3.09. The summed E-state index contributed by atoms with van der Waals surface area (Å²) in [5.74, 6) is 0.893. The number of nitrogens with one attached hydrogen (secondary N) is 2. The van der Waals surface area contributed by atoms with Crippen LogP contribution >= 0.6 is 0 Å². The Labute approximate surface area is 118 Å². The summed E-state index contributed by atoms with van der Waals surface area (Å²) in [6, 6.07) is 1.91. The van der Waals surface area contributed by atoms with Crippen LogP contribution in [0.3, 0.4) is 0 Å². The standard InChI is InChI=1S/C12H19N5O2S/c1-3-20(18,19)17(2)8-4-6-13-11-10-5-7-14-12(10)16-9-15-11/h5,7,9H,3-4,6,8H2,1-2H3,(H2,13,14,15,16). The van der Waals surface area contributed by atoms with Crippen molar-refractivity contribution >= 4 is 26.9 Å². The molecule has 0 saturated heterocycles. The topological polar surface area (TPSA) is 91.0 Å². The highest BCUT2D eigenvalue weighted by Crippen LogP contribution is 2.17. The molecule has 110 valence electrons. The van der Waals surface area contributed by atoms with Crippen molar-refractivity contribution in [1.29, 1.82) is 0 Å². The average molecular weight is 297 g/mol. The van der Waals surface area contributed by atoms with E-state index in [1.54, 1.807) is 14.0 Å². The highest BCUT2D eigenvalue weighted by Gasteiger charge is 2.14. The van der Waals surface area contributed by atoms with Crippen molar-refractivity contribution in [3.8, 4) is 0 Å². The van der Waals surface area contributed by atoms with Crippen molar-refractivity contribution in [2.45, 2.75) is 13.3 Å². The Morgan fingerprint density at radius 1 is 1.40 bits per heavy atom. The zero-order valence-corrected chi connectivity index (χ0v) is 12.4. The van der Waals surface area contributed by atoms with Gasteiger partial charge in [0.05, 0.1) is 11.1 Å². The Hall–Kier alpha value is -1.67. The molecule has 2 aromatic rings. The molecule has 0 spiro atoms. The Bertz CT molecular complexity index is 667. The molecular weight excluding hydrogens is 278 g/mol. The van der Waals surface area contributed by atoms with Crippen LogP contribution in [0, 0.1) is 0 Å². The number of hydrogen-bond acceptors (Lipinski definition) is 5. The molecule has 0 aromatic carbocycles. The van der Waals surface area contributed by atoms with Gasteiger partial charge in [-0.2, -0.15) is 0 Å². The van der Waals surface area contributed by atoms with Crippen LogP contribution in [0.5, 0.6) is 0 Å². The van der Waals surface area contributed by atoms with Crippen molar-refractivity contribution in [1.82, 2.24) is 19.3 Å². The normalized spacial score (nSPS) is 12.2. The van der Waals surface area contributed by atoms with Crippen molar-refractivity contribution in [3.05, 3.63) is 18.6 Å². The van der Waals surface area contributed by atoms with E-state index in [1.807, 2.05) is 12.3 Å². The fourth-order valence-corrected chi connectivity index (χ4v) is 2.73. The van der Waals surface area contributed by atoms with E-state index in [-0.39, 0.29) is 5.75 Å². The molecule has 7 nitrogen and oxygen atoms in total. The molecule has 0 saturated carbocycles. The van der Waals surface area contributed by atoms with Crippen molar-refractivity contribution < 1.29 is 8.42 Å². The molecule has 2 aromatic heterocycles. The monoisotopic (exact) mass is 297 g/mol. The summed E-state index contributed by atoms with van der Waals surface area (Å²) >= 11 is 0. The number of aromatic amines is 1. The molecule has 2 N–H and O–H groups in total. The zero-order chi connectivity index (χ0) is 14.6. The maximum atomic E-state index is 11.6. The lowest BCUT2D eigenvalue weighted by Gasteiger charge is -2.16. The molecule has 0 amide bonds. The summed E-state index contributed by atoms with van der Waals surface area (Å²) in [4.78, 5) is 11.3. The zero-order valence-electron chi connectivity index (χ0n) is 11.6. The van der Waals surface area contributed by atoms with Gasteiger partial charge in [-0.15, -0.1) is 0 Å². The van der Waals surface area contributed by atoms with Crippen LogP contribution in [0.15, 0.2) is 18.6 Å². The van der Waals surface area contributed by atoms with Crippen LogP contribution in [0.4, 0.5) is 5.82 Å². The van der Waals surface area contributed by atoms with E-state index >= 15 is 0 Å². The predicted octanol–water partition coefficient (Wildman–Crippen LogP) is 1.04. The second-order valence-electron chi connectivity index (χ2n) is 4.46. The summed E-state index contributed by atoms with van der Waals surface area (Å²) in [7, 11) is -1.49. The maximum Gasteiger partial charge on any atom is 0.213 e. The van der Waals surface area contributed by atoms with Gasteiger partial charge >= 0.3 is 0 Å². The second kappa shape index (κ2) is 6.19. The molecule has 0 aliphatic rings. The van der Waals surface area contributed by atoms with E-state index in [9.17, 15) is 8.42 Å². The van der Waals surface area contributed by atoms with Crippen molar-refractivity contribution in [2.24, 2.45) is 0 Å². The predicted molar refractivity (Wildman–Crippen MR) is 79.1 cm³/mol.